The van der Waals surface area contributed by atoms with Gasteiger partial charge in [0.1, 0.15) is 0 Å². The molecule has 0 aliphatic heterocycles. The summed E-state index contributed by atoms with van der Waals surface area (Å²) in [6, 6.07) is 16.1. The largest absolute Gasteiger partial charge is 0.396 e. The van der Waals surface area contributed by atoms with Crippen molar-refractivity contribution in [2.75, 3.05) is 13.2 Å². The average Bonchev–Trinajstić information content (AvgIpc) is 2.54. The van der Waals surface area contributed by atoms with E-state index in [0.717, 1.165) is 12.1 Å². The number of aliphatic hydroxyl groups excluding tert-OH is 1. The molecule has 0 spiro atoms. The van der Waals surface area contributed by atoms with Crippen molar-refractivity contribution < 1.29 is 5.11 Å². The lowest BCUT2D eigenvalue weighted by molar-refractivity contribution is 0.264. The average molecular weight is 338 g/mol. The lowest BCUT2D eigenvalue weighted by atomic mass is 9.99. The smallest absolute Gasteiger partial charge is 0.0595 e. The number of hydrogen-bond acceptors (Lipinski definition) is 2. The van der Waals surface area contributed by atoms with Gasteiger partial charge in [-0.3, -0.25) is 0 Å². The van der Waals surface area contributed by atoms with Crippen LogP contribution in [0.2, 0.25) is 10.0 Å². The molecule has 0 aromatic heterocycles. The number of nitrogens with one attached hydrogen (secondary N) is 1. The second-order valence-corrected chi connectivity index (χ2v) is 6.27. The highest BCUT2D eigenvalue weighted by Crippen LogP contribution is 2.27. The van der Waals surface area contributed by atoms with E-state index in [-0.39, 0.29) is 12.6 Å². The predicted octanol–water partition coefficient (Wildman–Crippen LogP) is 4.81. The molecule has 0 radical (unpaired) electrons. The Morgan fingerprint density at radius 2 is 1.73 bits per heavy atom. The highest BCUT2D eigenvalue weighted by atomic mass is 35.5. The molecule has 0 aliphatic rings. The first kappa shape index (κ1) is 17.3. The summed E-state index contributed by atoms with van der Waals surface area (Å²) >= 11 is 12.1. The molecule has 0 saturated heterocycles. The maximum Gasteiger partial charge on any atom is 0.0595 e. The highest BCUT2D eigenvalue weighted by Gasteiger charge is 2.14. The van der Waals surface area contributed by atoms with Crippen LogP contribution in [0.4, 0.5) is 0 Å². The maximum absolute atomic E-state index is 9.31. The number of benzene rings is 2. The van der Waals surface area contributed by atoms with E-state index in [2.05, 4.69) is 36.5 Å². The van der Waals surface area contributed by atoms with Crippen LogP contribution in [0.3, 0.4) is 0 Å². The van der Waals surface area contributed by atoms with Crippen LogP contribution in [0.1, 0.15) is 36.4 Å². The van der Waals surface area contributed by atoms with Crippen molar-refractivity contribution in [3.8, 4) is 0 Å². The van der Waals surface area contributed by atoms with E-state index < -0.39 is 0 Å². The molecule has 2 atom stereocenters. The summed E-state index contributed by atoms with van der Waals surface area (Å²) in [4.78, 5) is 0. The van der Waals surface area contributed by atoms with Crippen LogP contribution in [0, 0.1) is 0 Å². The zero-order chi connectivity index (χ0) is 15.9. The van der Waals surface area contributed by atoms with Gasteiger partial charge in [-0.15, -0.1) is 0 Å². The quantitative estimate of drug-likeness (QED) is 0.759. The van der Waals surface area contributed by atoms with Crippen molar-refractivity contribution in [1.82, 2.24) is 5.32 Å². The summed E-state index contributed by atoms with van der Waals surface area (Å²) in [7, 11) is 0. The third kappa shape index (κ3) is 4.72. The summed E-state index contributed by atoms with van der Waals surface area (Å²) < 4.78 is 0. The summed E-state index contributed by atoms with van der Waals surface area (Å²) in [6.07, 6.45) is 0.638. The fourth-order valence-electron chi connectivity index (χ4n) is 2.46. The van der Waals surface area contributed by atoms with E-state index in [1.165, 1.54) is 5.56 Å². The minimum Gasteiger partial charge on any atom is -0.396 e. The number of hydrogen-bond donors (Lipinski definition) is 2. The van der Waals surface area contributed by atoms with Crippen molar-refractivity contribution in [3.05, 3.63) is 69.7 Å². The first-order valence-electron chi connectivity index (χ1n) is 7.46. The summed E-state index contributed by atoms with van der Waals surface area (Å²) in [6.45, 7) is 3.14. The third-order valence-corrected chi connectivity index (χ3v) is 4.54. The van der Waals surface area contributed by atoms with Crippen LogP contribution in [-0.4, -0.2) is 18.3 Å². The molecule has 0 amide bonds. The molecule has 4 heteroatoms. The molecule has 118 valence electrons. The maximum atomic E-state index is 9.31. The second-order valence-electron chi connectivity index (χ2n) is 5.46. The van der Waals surface area contributed by atoms with Crippen LogP contribution in [0.25, 0.3) is 0 Å². The molecular formula is C18H21Cl2NO. The Hall–Kier alpha value is -1.06. The molecule has 0 aliphatic carbocycles. The van der Waals surface area contributed by atoms with Crippen LogP contribution in [-0.2, 0) is 0 Å². The highest BCUT2D eigenvalue weighted by molar-refractivity contribution is 6.42. The first-order chi connectivity index (χ1) is 10.6. The SMILES string of the molecule is CC(CNC(CCO)c1ccc(Cl)c(Cl)c1)c1ccccc1. The van der Waals surface area contributed by atoms with E-state index in [1.807, 2.05) is 18.2 Å². The molecule has 0 bridgehead atoms. The molecule has 2 rings (SSSR count). The van der Waals surface area contributed by atoms with E-state index >= 15 is 0 Å². The first-order valence-corrected chi connectivity index (χ1v) is 8.21. The second kappa shape index (κ2) is 8.54. The normalized spacial score (nSPS) is 13.8. The van der Waals surface area contributed by atoms with Gasteiger partial charge in [-0.2, -0.15) is 0 Å². The summed E-state index contributed by atoms with van der Waals surface area (Å²) in [5.74, 6) is 0.394. The number of halogens is 2. The Kier molecular flexibility index (Phi) is 6.71. The number of rotatable bonds is 7. The molecule has 0 fully saturated rings. The molecular weight excluding hydrogens is 317 g/mol. The molecule has 22 heavy (non-hydrogen) atoms. The Labute approximate surface area is 142 Å². The van der Waals surface area contributed by atoms with Crippen molar-refractivity contribution in [2.45, 2.75) is 25.3 Å². The fourth-order valence-corrected chi connectivity index (χ4v) is 2.77. The lowest BCUT2D eigenvalue weighted by Gasteiger charge is -2.22. The van der Waals surface area contributed by atoms with E-state index in [9.17, 15) is 5.11 Å². The molecule has 0 saturated carbocycles. The van der Waals surface area contributed by atoms with Gasteiger partial charge >= 0.3 is 0 Å². The van der Waals surface area contributed by atoms with Crippen molar-refractivity contribution in [3.63, 3.8) is 0 Å². The molecule has 2 N–H and O–H groups in total. The van der Waals surface area contributed by atoms with Gasteiger partial charge in [-0.25, -0.2) is 0 Å². The van der Waals surface area contributed by atoms with E-state index in [1.54, 1.807) is 6.07 Å². The van der Waals surface area contributed by atoms with Gasteiger partial charge in [0.05, 0.1) is 10.0 Å². The minimum absolute atomic E-state index is 0.0610. The zero-order valence-corrected chi connectivity index (χ0v) is 14.1. The third-order valence-electron chi connectivity index (χ3n) is 3.80. The standard InChI is InChI=1S/C18H21Cl2NO/c1-13(14-5-3-2-4-6-14)12-21-18(9-10-22)15-7-8-16(19)17(20)11-15/h2-8,11,13,18,21-22H,9-10,12H2,1H3. The Balaban J connectivity index is 2.04. The molecule has 2 unspecified atom stereocenters. The summed E-state index contributed by atoms with van der Waals surface area (Å²) in [5, 5.41) is 13.9. The van der Waals surface area contributed by atoms with Crippen molar-refractivity contribution in [2.24, 2.45) is 0 Å². The van der Waals surface area contributed by atoms with E-state index in [4.69, 9.17) is 23.2 Å². The van der Waals surface area contributed by atoms with Crippen LogP contribution in [0.5, 0.6) is 0 Å². The Morgan fingerprint density at radius 1 is 1.00 bits per heavy atom. The minimum atomic E-state index is 0.0610. The predicted molar refractivity (Wildman–Crippen MR) is 93.8 cm³/mol. The zero-order valence-electron chi connectivity index (χ0n) is 12.6. The van der Waals surface area contributed by atoms with Crippen LogP contribution < -0.4 is 5.32 Å². The Morgan fingerprint density at radius 3 is 2.36 bits per heavy atom. The topological polar surface area (TPSA) is 32.3 Å². The molecule has 2 aromatic carbocycles. The van der Waals surface area contributed by atoms with Crippen molar-refractivity contribution >= 4 is 23.2 Å². The van der Waals surface area contributed by atoms with Gasteiger partial charge in [0.15, 0.2) is 0 Å². The van der Waals surface area contributed by atoms with E-state index in [0.29, 0.717) is 22.4 Å². The molecule has 0 heterocycles. The van der Waals surface area contributed by atoms with Crippen LogP contribution in [0.15, 0.2) is 48.5 Å². The van der Waals surface area contributed by atoms with Gasteiger partial charge in [-0.1, -0.05) is 66.5 Å². The number of aliphatic hydroxyl groups is 1. The van der Waals surface area contributed by atoms with Gasteiger partial charge in [0, 0.05) is 19.2 Å². The fraction of sp³-hybridized carbons (Fsp3) is 0.333. The Bertz CT molecular complexity index is 589. The molecule has 2 aromatic rings. The monoisotopic (exact) mass is 337 g/mol. The van der Waals surface area contributed by atoms with Gasteiger partial charge in [-0.05, 0) is 35.6 Å². The lowest BCUT2D eigenvalue weighted by Crippen LogP contribution is -2.26. The van der Waals surface area contributed by atoms with Gasteiger partial charge < -0.3 is 10.4 Å². The molecule has 2 nitrogen and oxygen atoms in total. The van der Waals surface area contributed by atoms with Crippen LogP contribution >= 0.6 is 23.2 Å². The summed E-state index contributed by atoms with van der Waals surface area (Å²) in [5.41, 5.74) is 2.34. The van der Waals surface area contributed by atoms with Crippen molar-refractivity contribution in [1.29, 1.82) is 0 Å². The van der Waals surface area contributed by atoms with Gasteiger partial charge in [0.25, 0.3) is 0 Å². The van der Waals surface area contributed by atoms with Gasteiger partial charge in [0.2, 0.25) is 0 Å².